The number of rotatable bonds is 5. The van der Waals surface area contributed by atoms with Crippen LogP contribution in [-0.4, -0.2) is 36.3 Å². The van der Waals surface area contributed by atoms with Crippen molar-refractivity contribution in [3.8, 4) is 22.8 Å². The fourth-order valence-electron chi connectivity index (χ4n) is 4.95. The first kappa shape index (κ1) is 21.3. The van der Waals surface area contributed by atoms with Crippen LogP contribution in [0.25, 0.3) is 39.6 Å². The average molecular weight is 493 g/mol. The summed E-state index contributed by atoms with van der Waals surface area (Å²) in [6, 6.07) is 13.3. The third kappa shape index (κ3) is 3.02. The second-order valence-electron chi connectivity index (χ2n) is 9.14. The van der Waals surface area contributed by atoms with Crippen molar-refractivity contribution in [1.29, 1.82) is 0 Å². The van der Waals surface area contributed by atoms with E-state index in [4.69, 9.17) is 18.2 Å². The Kier molecular flexibility index (Phi) is 4.47. The van der Waals surface area contributed by atoms with Crippen molar-refractivity contribution < 1.29 is 22.8 Å². The quantitative estimate of drug-likeness (QED) is 0.293. The number of fused-ring (bicyclic) bond motifs is 4. The van der Waals surface area contributed by atoms with Crippen LogP contribution in [0.4, 0.5) is 0 Å². The predicted molar refractivity (Wildman–Crippen MR) is 130 cm³/mol. The molecule has 1 aromatic carbocycles. The molecule has 0 aliphatic carbocycles. The molecule has 6 aromatic rings. The van der Waals surface area contributed by atoms with Crippen molar-refractivity contribution in [3.63, 3.8) is 0 Å². The SMILES string of the molecule is CC(C)C(c1nc2c3c(-c4ccco4)c(-c4ccco4)oc3ncn2n1)N1C(=O)c2ccccc2C1=O. The lowest BCUT2D eigenvalue weighted by Crippen LogP contribution is -2.37. The molecule has 0 saturated carbocycles. The van der Waals surface area contributed by atoms with E-state index in [1.165, 1.54) is 15.7 Å². The zero-order valence-electron chi connectivity index (χ0n) is 19.8. The largest absolute Gasteiger partial charge is 0.464 e. The van der Waals surface area contributed by atoms with Crippen LogP contribution < -0.4 is 0 Å². The van der Waals surface area contributed by atoms with E-state index in [0.29, 0.717) is 56.5 Å². The maximum absolute atomic E-state index is 13.3. The zero-order valence-corrected chi connectivity index (χ0v) is 19.8. The molecule has 2 amide bonds. The third-order valence-electron chi connectivity index (χ3n) is 6.56. The lowest BCUT2D eigenvalue weighted by atomic mass is 10.0. The molecule has 182 valence electrons. The highest BCUT2D eigenvalue weighted by atomic mass is 16.4. The van der Waals surface area contributed by atoms with Crippen LogP contribution >= 0.6 is 0 Å². The van der Waals surface area contributed by atoms with E-state index >= 15 is 0 Å². The predicted octanol–water partition coefficient (Wildman–Crippen LogP) is 5.38. The van der Waals surface area contributed by atoms with Gasteiger partial charge in [-0.1, -0.05) is 26.0 Å². The van der Waals surface area contributed by atoms with Gasteiger partial charge in [0.15, 0.2) is 23.0 Å². The summed E-state index contributed by atoms with van der Waals surface area (Å²) in [5.74, 6) is 0.947. The van der Waals surface area contributed by atoms with E-state index in [9.17, 15) is 9.59 Å². The van der Waals surface area contributed by atoms with Gasteiger partial charge in [0.05, 0.1) is 34.6 Å². The highest BCUT2D eigenvalue weighted by molar-refractivity contribution is 6.21. The molecule has 10 nitrogen and oxygen atoms in total. The van der Waals surface area contributed by atoms with Crippen LogP contribution in [0.2, 0.25) is 0 Å². The number of hydrogen-bond acceptors (Lipinski definition) is 8. The Morgan fingerprint density at radius 2 is 1.54 bits per heavy atom. The highest BCUT2D eigenvalue weighted by Gasteiger charge is 2.43. The van der Waals surface area contributed by atoms with Gasteiger partial charge in [-0.25, -0.2) is 14.5 Å². The third-order valence-corrected chi connectivity index (χ3v) is 6.56. The molecule has 1 aliphatic rings. The number of benzene rings is 1. The molecule has 0 saturated heterocycles. The number of carbonyl (C=O) groups excluding carboxylic acids is 2. The Hall–Kier alpha value is -4.99. The summed E-state index contributed by atoms with van der Waals surface area (Å²) in [6.45, 7) is 3.85. The number of hydrogen-bond donors (Lipinski definition) is 0. The normalized spacial score (nSPS) is 14.4. The second-order valence-corrected chi connectivity index (χ2v) is 9.14. The molecule has 0 N–H and O–H groups in total. The molecule has 1 aliphatic heterocycles. The number of imide groups is 1. The molecule has 0 radical (unpaired) electrons. The van der Waals surface area contributed by atoms with Crippen LogP contribution in [-0.2, 0) is 0 Å². The van der Waals surface area contributed by atoms with E-state index in [1.54, 1.807) is 55.0 Å². The summed E-state index contributed by atoms with van der Waals surface area (Å²) >= 11 is 0. The minimum Gasteiger partial charge on any atom is -0.464 e. The van der Waals surface area contributed by atoms with Crippen molar-refractivity contribution in [2.75, 3.05) is 0 Å². The van der Waals surface area contributed by atoms with E-state index < -0.39 is 6.04 Å². The van der Waals surface area contributed by atoms with Gasteiger partial charge in [-0.05, 0) is 42.3 Å². The fraction of sp³-hybridized carbons (Fsp3) is 0.148. The maximum atomic E-state index is 13.3. The van der Waals surface area contributed by atoms with E-state index in [-0.39, 0.29) is 17.7 Å². The standard InChI is InChI=1S/C27H19N5O5/c1-14(2)21(32-26(33)15-7-3-4-8-16(15)27(32)34)23-29-24-20-19(17-9-5-11-35-17)22(18-10-6-12-36-18)37-25(20)28-13-31(24)30-23/h3-14,21H,1-2H3. The van der Waals surface area contributed by atoms with Gasteiger partial charge in [-0.2, -0.15) is 0 Å². The molecule has 0 fully saturated rings. The molecular weight excluding hydrogens is 474 g/mol. The summed E-state index contributed by atoms with van der Waals surface area (Å²) in [5, 5.41) is 5.23. The monoisotopic (exact) mass is 493 g/mol. The van der Waals surface area contributed by atoms with Crippen molar-refractivity contribution in [1.82, 2.24) is 24.5 Å². The van der Waals surface area contributed by atoms with Gasteiger partial charge in [0.2, 0.25) is 5.71 Å². The van der Waals surface area contributed by atoms with Crippen LogP contribution in [0.3, 0.4) is 0 Å². The zero-order chi connectivity index (χ0) is 25.3. The molecule has 1 atom stereocenters. The maximum Gasteiger partial charge on any atom is 0.262 e. The minimum atomic E-state index is -0.689. The van der Waals surface area contributed by atoms with Gasteiger partial charge in [0.1, 0.15) is 18.1 Å². The number of amides is 2. The fourth-order valence-corrected chi connectivity index (χ4v) is 4.95. The highest BCUT2D eigenvalue weighted by Crippen LogP contribution is 2.42. The van der Waals surface area contributed by atoms with Crippen molar-refractivity contribution >= 4 is 28.6 Å². The molecule has 5 aromatic heterocycles. The Labute approximate surface area is 209 Å². The molecule has 6 heterocycles. The molecule has 7 rings (SSSR count). The van der Waals surface area contributed by atoms with Crippen LogP contribution in [0.1, 0.15) is 46.4 Å². The average Bonchev–Trinajstić information content (AvgIpc) is 3.71. The van der Waals surface area contributed by atoms with Crippen molar-refractivity contribution in [3.05, 3.63) is 84.3 Å². The number of nitrogens with zero attached hydrogens (tertiary/aromatic N) is 5. The van der Waals surface area contributed by atoms with Gasteiger partial charge >= 0.3 is 0 Å². The summed E-state index contributed by atoms with van der Waals surface area (Å²) in [5.41, 5.74) is 2.16. The Morgan fingerprint density at radius 3 is 2.16 bits per heavy atom. The summed E-state index contributed by atoms with van der Waals surface area (Å²) in [7, 11) is 0. The van der Waals surface area contributed by atoms with Gasteiger partial charge < -0.3 is 13.3 Å². The number of carbonyl (C=O) groups is 2. The molecular formula is C27H19N5O5. The lowest BCUT2D eigenvalue weighted by molar-refractivity contribution is 0.0529. The van der Waals surface area contributed by atoms with Crippen LogP contribution in [0.5, 0.6) is 0 Å². The summed E-state index contributed by atoms with van der Waals surface area (Å²) in [6.07, 6.45) is 4.62. The summed E-state index contributed by atoms with van der Waals surface area (Å²) < 4.78 is 19.0. The lowest BCUT2D eigenvalue weighted by Gasteiger charge is -2.26. The van der Waals surface area contributed by atoms with E-state index in [1.807, 2.05) is 19.9 Å². The van der Waals surface area contributed by atoms with Gasteiger partial charge in [0.25, 0.3) is 11.8 Å². The topological polar surface area (TPSA) is 120 Å². The summed E-state index contributed by atoms with van der Waals surface area (Å²) in [4.78, 5) is 37.1. The van der Waals surface area contributed by atoms with Crippen LogP contribution in [0.15, 0.2) is 80.6 Å². The molecule has 0 bridgehead atoms. The smallest absolute Gasteiger partial charge is 0.262 e. The first-order valence-electron chi connectivity index (χ1n) is 11.8. The number of furan rings is 3. The Balaban J connectivity index is 1.44. The number of aromatic nitrogens is 4. The first-order chi connectivity index (χ1) is 18.0. The van der Waals surface area contributed by atoms with Crippen LogP contribution in [0, 0.1) is 5.92 Å². The molecule has 10 heteroatoms. The molecule has 37 heavy (non-hydrogen) atoms. The second kappa shape index (κ2) is 7.76. The van der Waals surface area contributed by atoms with Crippen molar-refractivity contribution in [2.45, 2.75) is 19.9 Å². The van der Waals surface area contributed by atoms with E-state index in [0.717, 1.165) is 0 Å². The van der Waals surface area contributed by atoms with Crippen molar-refractivity contribution in [2.24, 2.45) is 5.92 Å². The minimum absolute atomic E-state index is 0.157. The Bertz CT molecular complexity index is 1780. The molecule has 0 spiro atoms. The van der Waals surface area contributed by atoms with E-state index in [2.05, 4.69) is 10.1 Å². The first-order valence-corrected chi connectivity index (χ1v) is 11.8. The van der Waals surface area contributed by atoms with Gasteiger partial charge in [-0.3, -0.25) is 14.5 Å². The van der Waals surface area contributed by atoms with Gasteiger partial charge in [0, 0.05) is 0 Å². The molecule has 1 unspecified atom stereocenters. The Morgan fingerprint density at radius 1 is 0.865 bits per heavy atom. The van der Waals surface area contributed by atoms with Gasteiger partial charge in [-0.15, -0.1) is 5.10 Å².